The maximum Gasteiger partial charge on any atom is 0.215 e. The molecule has 0 aromatic rings. The first kappa shape index (κ1) is 16.1. The lowest BCUT2D eigenvalue weighted by molar-refractivity contribution is 0.400. The minimum atomic E-state index is -1.60. The summed E-state index contributed by atoms with van der Waals surface area (Å²) in [5.41, 5.74) is 4.77. The van der Waals surface area contributed by atoms with Gasteiger partial charge in [0.15, 0.2) is 0 Å². The molecular formula is C12H28O2Si2. The van der Waals surface area contributed by atoms with Crippen molar-refractivity contribution in [1.29, 1.82) is 0 Å². The third kappa shape index (κ3) is 3.84. The number of rotatable bonds is 8. The van der Waals surface area contributed by atoms with Crippen molar-refractivity contribution in [3.05, 3.63) is 11.4 Å². The van der Waals surface area contributed by atoms with Crippen molar-refractivity contribution in [2.75, 3.05) is 14.2 Å². The van der Waals surface area contributed by atoms with Crippen LogP contribution in [0, 0.1) is 0 Å². The molecular weight excluding hydrogens is 232 g/mol. The highest BCUT2D eigenvalue weighted by atomic mass is 28.4. The summed E-state index contributed by atoms with van der Waals surface area (Å²) in [5, 5.41) is 0. The summed E-state index contributed by atoms with van der Waals surface area (Å²) in [4.78, 5) is 0. The van der Waals surface area contributed by atoms with Gasteiger partial charge >= 0.3 is 0 Å². The van der Waals surface area contributed by atoms with Crippen LogP contribution in [0.3, 0.4) is 0 Å². The molecule has 0 fully saturated rings. The fraction of sp³-hybridized carbons (Fsp3) is 0.833. The molecule has 0 amide bonds. The third-order valence-corrected chi connectivity index (χ3v) is 12.2. The van der Waals surface area contributed by atoms with Crippen LogP contribution < -0.4 is 0 Å². The van der Waals surface area contributed by atoms with E-state index in [1.165, 1.54) is 0 Å². The smallest absolute Gasteiger partial charge is 0.215 e. The van der Waals surface area contributed by atoms with Crippen LogP contribution in [0.4, 0.5) is 0 Å². The third-order valence-electron chi connectivity index (χ3n) is 3.90. The van der Waals surface area contributed by atoms with Crippen LogP contribution in [0.1, 0.15) is 27.7 Å². The summed E-state index contributed by atoms with van der Waals surface area (Å²) >= 11 is 0. The summed E-state index contributed by atoms with van der Waals surface area (Å²) in [6.45, 7) is 8.93. The first-order valence-electron chi connectivity index (χ1n) is 6.38. The summed E-state index contributed by atoms with van der Waals surface area (Å²) in [7, 11) is 0.514. The maximum atomic E-state index is 5.78. The molecule has 0 aromatic carbocycles. The van der Waals surface area contributed by atoms with Gasteiger partial charge in [0.1, 0.15) is 0 Å². The van der Waals surface area contributed by atoms with Gasteiger partial charge in [0, 0.05) is 14.2 Å². The summed E-state index contributed by atoms with van der Waals surface area (Å²) in [6, 6.07) is 4.60. The van der Waals surface area contributed by atoms with Crippen LogP contribution in [0.25, 0.3) is 0 Å². The normalized spacial score (nSPS) is 13.6. The maximum absolute atomic E-state index is 5.78. The average molecular weight is 261 g/mol. The largest absolute Gasteiger partial charge is 0.416 e. The second kappa shape index (κ2) is 7.43. The first-order chi connectivity index (χ1) is 7.57. The molecule has 16 heavy (non-hydrogen) atoms. The Hall–Kier alpha value is 0.0938. The molecule has 4 heteroatoms. The Bertz CT molecular complexity index is 171. The molecule has 0 aromatic heterocycles. The predicted octanol–water partition coefficient (Wildman–Crippen LogP) is 3.88. The Labute approximate surface area is 103 Å². The van der Waals surface area contributed by atoms with Gasteiger partial charge in [-0.3, -0.25) is 0 Å². The monoisotopic (exact) mass is 260 g/mol. The molecule has 0 heterocycles. The molecule has 2 nitrogen and oxygen atoms in total. The van der Waals surface area contributed by atoms with E-state index in [-0.39, 0.29) is 0 Å². The topological polar surface area (TPSA) is 18.5 Å². The quantitative estimate of drug-likeness (QED) is 0.617. The second-order valence-corrected chi connectivity index (χ2v) is 12.9. The SMILES string of the molecule is CC[Si](/C=C/[Si](CC)(CC)OC)(CC)OC. The van der Waals surface area contributed by atoms with Crippen molar-refractivity contribution in [2.45, 2.75) is 51.9 Å². The van der Waals surface area contributed by atoms with Crippen molar-refractivity contribution < 1.29 is 8.85 Å². The van der Waals surface area contributed by atoms with E-state index in [1.54, 1.807) is 0 Å². The molecule has 0 aliphatic heterocycles. The van der Waals surface area contributed by atoms with Gasteiger partial charge in [-0.05, 0) is 24.2 Å². The Morgan fingerprint density at radius 1 is 0.688 bits per heavy atom. The van der Waals surface area contributed by atoms with Gasteiger partial charge in [0.05, 0.1) is 0 Å². The van der Waals surface area contributed by atoms with Gasteiger partial charge in [-0.15, -0.1) is 0 Å². The van der Waals surface area contributed by atoms with Crippen LogP contribution >= 0.6 is 0 Å². The molecule has 0 atom stereocenters. The van der Waals surface area contributed by atoms with Crippen molar-refractivity contribution >= 4 is 16.6 Å². The highest BCUT2D eigenvalue weighted by Gasteiger charge is 2.31. The minimum Gasteiger partial charge on any atom is -0.416 e. The Balaban J connectivity index is 4.88. The first-order valence-corrected chi connectivity index (χ1v) is 11.2. The lowest BCUT2D eigenvalue weighted by Crippen LogP contribution is -2.38. The van der Waals surface area contributed by atoms with Crippen molar-refractivity contribution in [3.8, 4) is 0 Å². The van der Waals surface area contributed by atoms with Gasteiger partial charge in [-0.25, -0.2) is 0 Å². The fourth-order valence-corrected chi connectivity index (χ4v) is 7.79. The van der Waals surface area contributed by atoms with Crippen molar-refractivity contribution in [3.63, 3.8) is 0 Å². The average Bonchev–Trinajstić information content (AvgIpc) is 2.37. The summed E-state index contributed by atoms with van der Waals surface area (Å²) in [5.74, 6) is 0. The zero-order valence-corrected chi connectivity index (χ0v) is 13.8. The van der Waals surface area contributed by atoms with Crippen LogP contribution in [0.15, 0.2) is 11.4 Å². The van der Waals surface area contributed by atoms with E-state index in [4.69, 9.17) is 8.85 Å². The van der Waals surface area contributed by atoms with Gasteiger partial charge in [-0.2, -0.15) is 0 Å². The number of hydrogen-bond donors (Lipinski definition) is 0. The molecule has 0 unspecified atom stereocenters. The van der Waals surface area contributed by atoms with Crippen molar-refractivity contribution in [2.24, 2.45) is 0 Å². The number of hydrogen-bond acceptors (Lipinski definition) is 2. The molecule has 0 aliphatic rings. The molecule has 0 rings (SSSR count). The van der Waals surface area contributed by atoms with Gasteiger partial charge in [0.25, 0.3) is 0 Å². The Morgan fingerprint density at radius 2 is 0.938 bits per heavy atom. The van der Waals surface area contributed by atoms with E-state index < -0.39 is 16.6 Å². The van der Waals surface area contributed by atoms with Crippen LogP contribution in [-0.4, -0.2) is 30.9 Å². The van der Waals surface area contributed by atoms with E-state index in [0.717, 1.165) is 24.2 Å². The highest BCUT2D eigenvalue weighted by Crippen LogP contribution is 2.22. The predicted molar refractivity (Wildman–Crippen MR) is 76.6 cm³/mol. The van der Waals surface area contributed by atoms with Gasteiger partial charge in [0.2, 0.25) is 16.6 Å². The molecule has 0 N–H and O–H groups in total. The van der Waals surface area contributed by atoms with Gasteiger partial charge in [-0.1, -0.05) is 39.1 Å². The van der Waals surface area contributed by atoms with Gasteiger partial charge < -0.3 is 8.85 Å². The second-order valence-electron chi connectivity index (χ2n) is 4.29. The molecule has 0 bridgehead atoms. The molecule has 0 saturated carbocycles. The Morgan fingerprint density at radius 3 is 1.06 bits per heavy atom. The van der Waals surface area contributed by atoms with E-state index in [0.29, 0.717) is 0 Å². The minimum absolute atomic E-state index is 1.15. The molecule has 0 aliphatic carbocycles. The zero-order valence-electron chi connectivity index (χ0n) is 11.8. The molecule has 0 spiro atoms. The Kier molecular flexibility index (Phi) is 7.47. The van der Waals surface area contributed by atoms with Crippen LogP contribution in [-0.2, 0) is 8.85 Å². The molecule has 96 valence electrons. The van der Waals surface area contributed by atoms with E-state index in [9.17, 15) is 0 Å². The summed E-state index contributed by atoms with van der Waals surface area (Å²) in [6.07, 6.45) is 0. The van der Waals surface area contributed by atoms with E-state index >= 15 is 0 Å². The van der Waals surface area contributed by atoms with E-state index in [2.05, 4.69) is 39.1 Å². The molecule has 0 saturated heterocycles. The summed E-state index contributed by atoms with van der Waals surface area (Å²) < 4.78 is 11.6. The van der Waals surface area contributed by atoms with Crippen LogP contribution in [0.2, 0.25) is 24.2 Å². The molecule has 0 radical (unpaired) electrons. The lowest BCUT2D eigenvalue weighted by atomic mass is 10.9. The lowest BCUT2D eigenvalue weighted by Gasteiger charge is -2.27. The van der Waals surface area contributed by atoms with Crippen LogP contribution in [0.5, 0.6) is 0 Å². The standard InChI is InChI=1S/C12H28O2Si2/c1-7-15(8-2,13-5)11-12-16(9-3,10-4)14-6/h11-12H,7-10H2,1-6H3/b12-11+. The fourth-order valence-electron chi connectivity index (χ4n) is 1.99. The van der Waals surface area contributed by atoms with E-state index in [1.807, 2.05) is 14.2 Å². The van der Waals surface area contributed by atoms with Crippen molar-refractivity contribution in [1.82, 2.24) is 0 Å². The highest BCUT2D eigenvalue weighted by molar-refractivity contribution is 6.84. The zero-order chi connectivity index (χ0) is 12.7.